The Hall–Kier alpha value is -9.69. The molecule has 2 fully saturated rings. The van der Waals surface area contributed by atoms with Crippen molar-refractivity contribution in [3.8, 4) is 89.0 Å². The van der Waals surface area contributed by atoms with Crippen LogP contribution in [-0.4, -0.2) is 36.6 Å². The van der Waals surface area contributed by atoms with Gasteiger partial charge in [-0.1, -0.05) is 291 Å². The van der Waals surface area contributed by atoms with Crippen molar-refractivity contribution in [2.75, 3.05) is 0 Å². The Morgan fingerprint density at radius 2 is 0.409 bits per heavy atom. The molecular formula is C103H97B2BrO4. The molecule has 2 saturated heterocycles. The molecule has 0 bridgehead atoms. The van der Waals surface area contributed by atoms with E-state index in [0.717, 1.165) is 15.4 Å². The van der Waals surface area contributed by atoms with Crippen molar-refractivity contribution >= 4 is 73.4 Å². The van der Waals surface area contributed by atoms with Crippen molar-refractivity contribution in [1.29, 1.82) is 0 Å². The van der Waals surface area contributed by atoms with E-state index in [4.69, 9.17) is 18.6 Å². The van der Waals surface area contributed by atoms with Gasteiger partial charge in [-0.15, -0.1) is 0 Å². The normalized spacial score (nSPS) is 17.6. The fourth-order valence-corrected chi connectivity index (χ4v) is 18.6. The number of fused-ring (bicyclic) bond motifs is 15. The van der Waals surface area contributed by atoms with Crippen LogP contribution in [0.15, 0.2) is 277 Å². The molecule has 0 spiro atoms. The first-order chi connectivity index (χ1) is 51.8. The molecule has 14 aromatic rings. The maximum Gasteiger partial charge on any atom is 0.494 e. The zero-order valence-electron chi connectivity index (χ0n) is 65.6. The molecule has 546 valence electrons. The zero-order valence-corrected chi connectivity index (χ0v) is 67.2. The Labute approximate surface area is 660 Å². The second-order valence-corrected chi connectivity index (χ2v) is 36.4. The Kier molecular flexibility index (Phi) is 17.3. The Balaban J connectivity index is 0.000000139. The molecule has 4 nitrogen and oxygen atoms in total. The highest BCUT2D eigenvalue weighted by atomic mass is 79.9. The molecule has 20 rings (SSSR count). The van der Waals surface area contributed by atoms with Gasteiger partial charge in [-0.25, -0.2) is 0 Å². The molecule has 0 N–H and O–H groups in total. The van der Waals surface area contributed by atoms with Crippen LogP contribution in [0.1, 0.15) is 163 Å². The van der Waals surface area contributed by atoms with Crippen molar-refractivity contribution in [1.82, 2.24) is 0 Å². The predicted octanol–water partition coefficient (Wildman–Crippen LogP) is 26.4. The van der Waals surface area contributed by atoms with Crippen LogP contribution in [0.2, 0.25) is 0 Å². The SMILES string of the molecule is Brc1ccc2ccccc2c1.C.CC1(C)c2cc(-c3ccc4c(c3)C(C)(C)c3cc(-c5ccc6ccccc6c5)ccc3-4)ccc2-c2ccc(-c3ccc4ccccc4c3)cc21.CC1(C)c2cc(B3OC(C)(C)C(C)(C)O3)ccc2-c2ccc(-c3ccc4c(c3)C(C)(C)c3cc(B5OC(C)(C)C(C)(C)O5)ccc3-4)cc21. The van der Waals surface area contributed by atoms with Gasteiger partial charge >= 0.3 is 14.2 Å². The van der Waals surface area contributed by atoms with Gasteiger partial charge in [0.15, 0.2) is 0 Å². The maximum atomic E-state index is 6.42. The fourth-order valence-electron chi connectivity index (χ4n) is 18.2. The van der Waals surface area contributed by atoms with E-state index >= 15 is 0 Å². The number of hydrogen-bond donors (Lipinski definition) is 0. The number of benzene rings is 14. The molecule has 14 aromatic carbocycles. The van der Waals surface area contributed by atoms with Crippen LogP contribution in [-0.2, 0) is 40.3 Å². The van der Waals surface area contributed by atoms with Gasteiger partial charge in [0.2, 0.25) is 0 Å². The van der Waals surface area contributed by atoms with Crippen molar-refractivity contribution < 1.29 is 18.6 Å². The van der Waals surface area contributed by atoms with Gasteiger partial charge in [0, 0.05) is 26.1 Å². The highest BCUT2D eigenvalue weighted by Gasteiger charge is 2.54. The maximum absolute atomic E-state index is 6.42. The van der Waals surface area contributed by atoms with E-state index < -0.39 is 0 Å². The molecule has 6 aliphatic rings. The quantitative estimate of drug-likeness (QED) is 0.156. The van der Waals surface area contributed by atoms with Crippen LogP contribution in [0, 0.1) is 0 Å². The molecule has 110 heavy (non-hydrogen) atoms. The van der Waals surface area contributed by atoms with Gasteiger partial charge in [-0.2, -0.15) is 0 Å². The highest BCUT2D eigenvalue weighted by molar-refractivity contribution is 9.10. The smallest absolute Gasteiger partial charge is 0.399 e. The average molecular weight is 1500 g/mol. The van der Waals surface area contributed by atoms with Crippen LogP contribution in [0.25, 0.3) is 121 Å². The molecule has 0 aromatic heterocycles. The lowest BCUT2D eigenvalue weighted by Crippen LogP contribution is -2.41. The predicted molar refractivity (Wildman–Crippen MR) is 470 cm³/mol. The van der Waals surface area contributed by atoms with E-state index in [-0.39, 0.29) is 65.7 Å². The van der Waals surface area contributed by atoms with E-state index in [1.807, 2.05) is 0 Å². The second kappa shape index (κ2) is 26.0. The van der Waals surface area contributed by atoms with Crippen molar-refractivity contribution in [2.45, 2.75) is 162 Å². The summed E-state index contributed by atoms with van der Waals surface area (Å²) in [7, 11) is -0.746. The van der Waals surface area contributed by atoms with E-state index in [2.05, 4.69) is 400 Å². The van der Waals surface area contributed by atoms with Crippen molar-refractivity contribution in [2.24, 2.45) is 0 Å². The topological polar surface area (TPSA) is 36.9 Å². The Morgan fingerprint density at radius 3 is 0.673 bits per heavy atom. The lowest BCUT2D eigenvalue weighted by molar-refractivity contribution is 0.00578. The van der Waals surface area contributed by atoms with Crippen LogP contribution < -0.4 is 10.9 Å². The minimum absolute atomic E-state index is 0. The summed E-state index contributed by atoms with van der Waals surface area (Å²) in [5.41, 5.74) is 31.9. The van der Waals surface area contributed by atoms with Crippen molar-refractivity contribution in [3.05, 3.63) is 322 Å². The van der Waals surface area contributed by atoms with E-state index in [9.17, 15) is 0 Å². The standard InChI is InChI=1S/C50H38.C42H48B2O4.C10H7Br.CH4/c1-49(2)45-27-37(35-15-13-31-9-5-7-11-33(31)25-35)17-21-41(45)43-23-19-39(29-47(43)49)40-20-24-44-42-22-18-38(28-46(42)50(3,4)48(44)30-40)36-16-14-32-10-6-8-12-34(32)26-36;1-37(2)33-21-25(13-17-29(33)31-19-15-27(23-35(31)37)43-45-39(5,6)40(7,8)46-43)26-14-18-30-32-20-16-28(24-36(32)38(3,4)34(30)22-26)44-47-41(9,10)42(11,12)48-44;11-10-6-5-8-3-1-2-4-9(8)7-10;/h5-30H,1-4H3;13-24H,1-12H3;1-7H;1H4. The molecule has 2 aliphatic heterocycles. The summed E-state index contributed by atoms with van der Waals surface area (Å²) in [6.45, 7) is 35.8. The molecule has 4 aliphatic carbocycles. The first-order valence-corrected chi connectivity index (χ1v) is 39.7. The van der Waals surface area contributed by atoms with E-state index in [1.165, 1.54) is 166 Å². The lowest BCUT2D eigenvalue weighted by Gasteiger charge is -2.32. The first kappa shape index (κ1) is 73.1. The van der Waals surface area contributed by atoms with Crippen LogP contribution in [0.3, 0.4) is 0 Å². The first-order valence-electron chi connectivity index (χ1n) is 38.9. The highest BCUT2D eigenvalue weighted by Crippen LogP contribution is 2.56. The zero-order chi connectivity index (χ0) is 75.9. The van der Waals surface area contributed by atoms with E-state index in [1.54, 1.807) is 0 Å². The number of hydrogen-bond acceptors (Lipinski definition) is 4. The van der Waals surface area contributed by atoms with Crippen LogP contribution >= 0.6 is 15.9 Å². The second-order valence-electron chi connectivity index (χ2n) is 35.5. The summed E-state index contributed by atoms with van der Waals surface area (Å²) >= 11 is 3.43. The van der Waals surface area contributed by atoms with Gasteiger partial charge in [-0.3, -0.25) is 0 Å². The monoisotopic (exact) mass is 1500 g/mol. The van der Waals surface area contributed by atoms with Gasteiger partial charge in [0.1, 0.15) is 0 Å². The summed E-state index contributed by atoms with van der Waals surface area (Å²) in [4.78, 5) is 0. The number of halogens is 1. The molecular weight excluding hydrogens is 1400 g/mol. The minimum Gasteiger partial charge on any atom is -0.399 e. The van der Waals surface area contributed by atoms with Crippen molar-refractivity contribution in [3.63, 3.8) is 0 Å². The summed E-state index contributed by atoms with van der Waals surface area (Å²) in [5.74, 6) is 0. The van der Waals surface area contributed by atoms with Crippen LogP contribution in [0.5, 0.6) is 0 Å². The molecule has 0 atom stereocenters. The molecule has 0 saturated carbocycles. The Morgan fingerprint density at radius 1 is 0.209 bits per heavy atom. The fraction of sp³-hybridized carbons (Fsp3) is 0.243. The molecule has 0 amide bonds. The summed E-state index contributed by atoms with van der Waals surface area (Å²) in [6, 6.07) is 101. The third-order valence-corrected chi connectivity index (χ3v) is 26.8. The van der Waals surface area contributed by atoms with Gasteiger partial charge < -0.3 is 18.6 Å². The van der Waals surface area contributed by atoms with E-state index in [0.29, 0.717) is 0 Å². The lowest BCUT2D eigenvalue weighted by atomic mass is 9.74. The van der Waals surface area contributed by atoms with Gasteiger partial charge in [0.05, 0.1) is 22.4 Å². The molecule has 2 heterocycles. The third kappa shape index (κ3) is 11.8. The number of rotatable bonds is 6. The summed E-state index contributed by atoms with van der Waals surface area (Å²) in [5, 5.41) is 7.69. The Bertz CT molecular complexity index is 5760. The molecule has 0 radical (unpaired) electrons. The largest absolute Gasteiger partial charge is 0.494 e. The van der Waals surface area contributed by atoms with Crippen LogP contribution in [0.4, 0.5) is 0 Å². The summed E-state index contributed by atoms with van der Waals surface area (Å²) < 4.78 is 26.8. The minimum atomic E-state index is -0.373. The van der Waals surface area contributed by atoms with Gasteiger partial charge in [-0.05, 0) is 293 Å². The average Bonchev–Trinajstić information content (AvgIpc) is 1.58. The van der Waals surface area contributed by atoms with Gasteiger partial charge in [0.25, 0.3) is 0 Å². The summed E-state index contributed by atoms with van der Waals surface area (Å²) in [6.07, 6.45) is 0. The molecule has 0 unspecified atom stereocenters. The third-order valence-electron chi connectivity index (χ3n) is 26.3. The molecule has 7 heteroatoms.